The molecule has 70 valence electrons. The van der Waals surface area contributed by atoms with Gasteiger partial charge in [-0.05, 0) is 30.5 Å². The maximum atomic E-state index is 13.2. The van der Waals surface area contributed by atoms with Crippen molar-refractivity contribution in [1.82, 2.24) is 0 Å². The third-order valence-corrected chi connectivity index (χ3v) is 1.91. The van der Waals surface area contributed by atoms with Gasteiger partial charge in [-0.25, -0.2) is 9.18 Å². The van der Waals surface area contributed by atoms with E-state index in [-0.39, 0.29) is 5.56 Å². The highest BCUT2D eigenvalue weighted by Crippen LogP contribution is 2.16. The first-order chi connectivity index (χ1) is 6.06. The molecule has 0 radical (unpaired) electrons. The summed E-state index contributed by atoms with van der Waals surface area (Å²) in [6.07, 6.45) is 0.528. The molecule has 1 rings (SSSR count). The van der Waals surface area contributed by atoms with E-state index in [4.69, 9.17) is 5.11 Å². The highest BCUT2D eigenvalue weighted by atomic mass is 19.1. The molecule has 1 aromatic rings. The summed E-state index contributed by atoms with van der Waals surface area (Å²) in [5.74, 6) is -1.85. The minimum Gasteiger partial charge on any atom is -0.478 e. The number of carbonyl (C=O) groups is 1. The standard InChI is InChI=1S/C10H11FO2/c1-3-7-4-6(2)5-8(11)9(7)10(12)13/h4-5H,3H2,1-2H3,(H,12,13). The lowest BCUT2D eigenvalue weighted by molar-refractivity contribution is 0.0690. The Morgan fingerprint density at radius 1 is 1.54 bits per heavy atom. The van der Waals surface area contributed by atoms with Crippen LogP contribution < -0.4 is 0 Å². The molecular formula is C10H11FO2. The molecule has 0 aliphatic carbocycles. The quantitative estimate of drug-likeness (QED) is 0.762. The van der Waals surface area contributed by atoms with Crippen LogP contribution in [0.25, 0.3) is 0 Å². The van der Waals surface area contributed by atoms with E-state index in [1.54, 1.807) is 19.9 Å². The Morgan fingerprint density at radius 3 is 2.62 bits per heavy atom. The van der Waals surface area contributed by atoms with E-state index < -0.39 is 11.8 Å². The first kappa shape index (κ1) is 9.71. The van der Waals surface area contributed by atoms with Gasteiger partial charge in [-0.15, -0.1) is 0 Å². The van der Waals surface area contributed by atoms with Crippen molar-refractivity contribution >= 4 is 5.97 Å². The summed E-state index contributed by atoms with van der Waals surface area (Å²) in [5.41, 5.74) is 1.09. The van der Waals surface area contributed by atoms with Gasteiger partial charge in [0.05, 0.1) is 5.56 Å². The fraction of sp³-hybridized carbons (Fsp3) is 0.300. The first-order valence-corrected chi connectivity index (χ1v) is 4.08. The second-order valence-corrected chi connectivity index (χ2v) is 2.94. The summed E-state index contributed by atoms with van der Waals surface area (Å²) in [6, 6.07) is 2.94. The molecule has 0 spiro atoms. The minimum absolute atomic E-state index is 0.201. The van der Waals surface area contributed by atoms with Crippen molar-refractivity contribution in [2.24, 2.45) is 0 Å². The molecule has 0 aliphatic heterocycles. The number of benzene rings is 1. The van der Waals surface area contributed by atoms with Gasteiger partial charge in [0.15, 0.2) is 0 Å². The first-order valence-electron chi connectivity index (χ1n) is 4.08. The molecule has 0 unspecified atom stereocenters. The molecule has 0 heterocycles. The molecule has 0 saturated heterocycles. The third-order valence-electron chi connectivity index (χ3n) is 1.91. The average molecular weight is 182 g/mol. The molecule has 1 aromatic carbocycles. The van der Waals surface area contributed by atoms with E-state index in [0.717, 1.165) is 5.56 Å². The van der Waals surface area contributed by atoms with Crippen molar-refractivity contribution in [3.63, 3.8) is 0 Å². The predicted molar refractivity (Wildman–Crippen MR) is 47.5 cm³/mol. The Morgan fingerprint density at radius 2 is 2.15 bits per heavy atom. The van der Waals surface area contributed by atoms with Crippen LogP contribution in [-0.4, -0.2) is 11.1 Å². The number of carboxylic acids is 1. The van der Waals surface area contributed by atoms with Crippen LogP contribution in [0.15, 0.2) is 12.1 Å². The molecule has 2 nitrogen and oxygen atoms in total. The largest absolute Gasteiger partial charge is 0.478 e. The summed E-state index contributed by atoms with van der Waals surface area (Å²) in [7, 11) is 0. The van der Waals surface area contributed by atoms with E-state index in [9.17, 15) is 9.18 Å². The van der Waals surface area contributed by atoms with Crippen LogP contribution in [0.2, 0.25) is 0 Å². The van der Waals surface area contributed by atoms with Crippen molar-refractivity contribution in [2.45, 2.75) is 20.3 Å². The fourth-order valence-electron chi connectivity index (χ4n) is 1.33. The van der Waals surface area contributed by atoms with Crippen LogP contribution in [0.1, 0.15) is 28.4 Å². The average Bonchev–Trinajstić information content (AvgIpc) is 2.01. The lowest BCUT2D eigenvalue weighted by Crippen LogP contribution is -2.06. The molecule has 0 aromatic heterocycles. The van der Waals surface area contributed by atoms with Gasteiger partial charge >= 0.3 is 5.97 Å². The number of hydrogen-bond donors (Lipinski definition) is 1. The lowest BCUT2D eigenvalue weighted by atomic mass is 10.0. The molecule has 0 atom stereocenters. The summed E-state index contributed by atoms with van der Waals surface area (Å²) < 4.78 is 13.2. The minimum atomic E-state index is -1.20. The van der Waals surface area contributed by atoms with Gasteiger partial charge in [-0.1, -0.05) is 13.0 Å². The SMILES string of the molecule is CCc1cc(C)cc(F)c1C(=O)O. The predicted octanol–water partition coefficient (Wildman–Crippen LogP) is 2.39. The van der Waals surface area contributed by atoms with Crippen molar-refractivity contribution in [3.8, 4) is 0 Å². The molecule has 1 N–H and O–H groups in total. The van der Waals surface area contributed by atoms with Crippen molar-refractivity contribution in [1.29, 1.82) is 0 Å². The molecule has 13 heavy (non-hydrogen) atoms. The Hall–Kier alpha value is -1.38. The Balaban J connectivity index is 3.38. The molecule has 3 heteroatoms. The maximum Gasteiger partial charge on any atom is 0.338 e. The third kappa shape index (κ3) is 1.86. The lowest BCUT2D eigenvalue weighted by Gasteiger charge is -2.05. The summed E-state index contributed by atoms with van der Waals surface area (Å²) >= 11 is 0. The number of carboxylic acid groups (broad SMARTS) is 1. The van der Waals surface area contributed by atoms with Crippen molar-refractivity contribution in [2.75, 3.05) is 0 Å². The Bertz CT molecular complexity index is 345. The molecule has 0 bridgehead atoms. The van der Waals surface area contributed by atoms with Crippen LogP contribution in [0.5, 0.6) is 0 Å². The number of aryl methyl sites for hydroxylation is 2. The van der Waals surface area contributed by atoms with E-state index >= 15 is 0 Å². The van der Waals surface area contributed by atoms with Gasteiger partial charge in [0.25, 0.3) is 0 Å². The van der Waals surface area contributed by atoms with E-state index in [0.29, 0.717) is 12.0 Å². The van der Waals surface area contributed by atoms with Crippen LogP contribution in [0, 0.1) is 12.7 Å². The fourth-order valence-corrected chi connectivity index (χ4v) is 1.33. The Labute approximate surface area is 76.0 Å². The Kier molecular flexibility index (Phi) is 2.66. The van der Waals surface area contributed by atoms with Crippen molar-refractivity contribution < 1.29 is 14.3 Å². The molecule has 0 saturated carbocycles. The molecule has 0 fully saturated rings. The van der Waals surface area contributed by atoms with E-state index in [1.807, 2.05) is 0 Å². The molecule has 0 aliphatic rings. The molecular weight excluding hydrogens is 171 g/mol. The topological polar surface area (TPSA) is 37.3 Å². The van der Waals surface area contributed by atoms with Gasteiger partial charge in [0.1, 0.15) is 5.82 Å². The van der Waals surface area contributed by atoms with Crippen molar-refractivity contribution in [3.05, 3.63) is 34.6 Å². The summed E-state index contributed by atoms with van der Waals surface area (Å²) in [4.78, 5) is 10.7. The van der Waals surface area contributed by atoms with Gasteiger partial charge in [-0.3, -0.25) is 0 Å². The van der Waals surface area contributed by atoms with Crippen LogP contribution in [0.4, 0.5) is 4.39 Å². The second kappa shape index (κ2) is 3.56. The van der Waals surface area contributed by atoms with Gasteiger partial charge in [0, 0.05) is 0 Å². The number of aromatic carboxylic acids is 1. The van der Waals surface area contributed by atoms with Crippen LogP contribution in [-0.2, 0) is 6.42 Å². The van der Waals surface area contributed by atoms with Crippen LogP contribution >= 0.6 is 0 Å². The van der Waals surface area contributed by atoms with Gasteiger partial charge in [-0.2, -0.15) is 0 Å². The zero-order valence-corrected chi connectivity index (χ0v) is 7.60. The number of rotatable bonds is 2. The zero-order chi connectivity index (χ0) is 10.0. The monoisotopic (exact) mass is 182 g/mol. The highest BCUT2D eigenvalue weighted by molar-refractivity contribution is 5.89. The summed E-state index contributed by atoms with van der Waals surface area (Å²) in [6.45, 7) is 3.55. The van der Waals surface area contributed by atoms with Crippen LogP contribution in [0.3, 0.4) is 0 Å². The van der Waals surface area contributed by atoms with Gasteiger partial charge < -0.3 is 5.11 Å². The normalized spacial score (nSPS) is 10.1. The zero-order valence-electron chi connectivity index (χ0n) is 7.60. The maximum absolute atomic E-state index is 13.2. The highest BCUT2D eigenvalue weighted by Gasteiger charge is 2.14. The summed E-state index contributed by atoms with van der Waals surface area (Å²) in [5, 5.41) is 8.73. The van der Waals surface area contributed by atoms with E-state index in [2.05, 4.69) is 0 Å². The number of hydrogen-bond acceptors (Lipinski definition) is 1. The van der Waals surface area contributed by atoms with Gasteiger partial charge in [0.2, 0.25) is 0 Å². The second-order valence-electron chi connectivity index (χ2n) is 2.94. The smallest absolute Gasteiger partial charge is 0.338 e. The molecule has 0 amide bonds. The van der Waals surface area contributed by atoms with E-state index in [1.165, 1.54) is 6.07 Å². The number of halogens is 1.